The van der Waals surface area contributed by atoms with E-state index in [0.29, 0.717) is 12.0 Å². The van der Waals surface area contributed by atoms with Crippen LogP contribution in [-0.2, 0) is 12.8 Å². The Bertz CT molecular complexity index is 593. The molecular formula is C28H49N. The summed E-state index contributed by atoms with van der Waals surface area (Å²) in [7, 11) is 0. The molecule has 1 aromatic carbocycles. The van der Waals surface area contributed by atoms with Gasteiger partial charge < -0.3 is 5.32 Å². The quantitative estimate of drug-likeness (QED) is 0.388. The molecule has 166 valence electrons. The molecule has 1 aromatic rings. The Kier molecular flexibility index (Phi) is 18.6. The van der Waals surface area contributed by atoms with Gasteiger partial charge in [-0.2, -0.15) is 0 Å². The predicted octanol–water partition coefficient (Wildman–Crippen LogP) is 8.67. The molecule has 29 heavy (non-hydrogen) atoms. The van der Waals surface area contributed by atoms with E-state index in [-0.39, 0.29) is 0 Å². The molecular weight excluding hydrogens is 350 g/mol. The van der Waals surface area contributed by atoms with E-state index in [0.717, 1.165) is 12.8 Å². The van der Waals surface area contributed by atoms with Gasteiger partial charge in [0.25, 0.3) is 0 Å². The van der Waals surface area contributed by atoms with E-state index in [4.69, 9.17) is 0 Å². The first-order chi connectivity index (χ1) is 13.8. The summed E-state index contributed by atoms with van der Waals surface area (Å²) in [6.07, 6.45) is 11.9. The number of rotatable bonds is 10. The third-order valence-corrected chi connectivity index (χ3v) is 4.88. The molecule has 0 aromatic heterocycles. The number of nitrogens with one attached hydrogen (secondary N) is 1. The van der Waals surface area contributed by atoms with Crippen LogP contribution in [0.3, 0.4) is 0 Å². The van der Waals surface area contributed by atoms with E-state index in [1.165, 1.54) is 47.2 Å². The molecule has 0 bridgehead atoms. The highest BCUT2D eigenvalue weighted by Crippen LogP contribution is 2.22. The molecule has 0 heterocycles. The van der Waals surface area contributed by atoms with Crippen molar-refractivity contribution in [1.82, 2.24) is 5.32 Å². The molecule has 0 amide bonds. The van der Waals surface area contributed by atoms with Gasteiger partial charge in [-0.05, 0) is 73.8 Å². The van der Waals surface area contributed by atoms with Crippen molar-refractivity contribution in [2.75, 3.05) is 0 Å². The van der Waals surface area contributed by atoms with Crippen LogP contribution in [0.4, 0.5) is 0 Å². The van der Waals surface area contributed by atoms with Crippen LogP contribution in [0.15, 0.2) is 43.1 Å². The maximum atomic E-state index is 3.92. The zero-order valence-electron chi connectivity index (χ0n) is 21.0. The van der Waals surface area contributed by atoms with Crippen LogP contribution in [-0.4, -0.2) is 6.04 Å². The molecule has 0 aliphatic heterocycles. The van der Waals surface area contributed by atoms with Gasteiger partial charge >= 0.3 is 0 Å². The number of hydrogen-bond donors (Lipinski definition) is 1. The molecule has 0 spiro atoms. The van der Waals surface area contributed by atoms with Crippen molar-refractivity contribution < 1.29 is 0 Å². The molecule has 1 atom stereocenters. The fourth-order valence-corrected chi connectivity index (χ4v) is 3.08. The smallest absolute Gasteiger partial charge is 0.0255 e. The summed E-state index contributed by atoms with van der Waals surface area (Å²) in [6.45, 7) is 26.8. The number of hydrogen-bond acceptors (Lipinski definition) is 1. The highest BCUT2D eigenvalue weighted by molar-refractivity contribution is 5.60. The van der Waals surface area contributed by atoms with Crippen molar-refractivity contribution in [2.45, 2.75) is 100 Å². The zero-order valence-corrected chi connectivity index (χ0v) is 21.0. The summed E-state index contributed by atoms with van der Waals surface area (Å²) < 4.78 is 0. The molecule has 0 radical (unpaired) electrons. The zero-order chi connectivity index (χ0) is 22.8. The van der Waals surface area contributed by atoms with Crippen molar-refractivity contribution in [1.29, 1.82) is 0 Å². The molecule has 0 fully saturated rings. The predicted molar refractivity (Wildman–Crippen MR) is 137 cm³/mol. The van der Waals surface area contributed by atoms with Crippen LogP contribution in [0.1, 0.15) is 96.9 Å². The highest BCUT2D eigenvalue weighted by atomic mass is 14.9. The fraction of sp³-hybridized carbons (Fsp3) is 0.571. The van der Waals surface area contributed by atoms with Gasteiger partial charge in [-0.15, -0.1) is 13.2 Å². The van der Waals surface area contributed by atoms with Crippen LogP contribution < -0.4 is 5.32 Å². The van der Waals surface area contributed by atoms with Crippen molar-refractivity contribution in [3.05, 3.63) is 65.4 Å². The number of benzene rings is 1. The molecule has 1 rings (SSSR count). The first-order valence-electron chi connectivity index (χ1n) is 11.6. The van der Waals surface area contributed by atoms with Crippen LogP contribution in [0.25, 0.3) is 6.08 Å². The Hall–Kier alpha value is -1.76. The Balaban J connectivity index is 0. The van der Waals surface area contributed by atoms with Gasteiger partial charge in [0.1, 0.15) is 0 Å². The highest BCUT2D eigenvalue weighted by Gasteiger charge is 2.08. The Morgan fingerprint density at radius 1 is 1.10 bits per heavy atom. The van der Waals surface area contributed by atoms with E-state index in [1.807, 2.05) is 26.0 Å². The SMILES string of the molecule is C=CC(C)C.C=CCc1c(/C=C(\C)NC(CC)CCC)ccc(CC)c1C.CC. The van der Waals surface area contributed by atoms with E-state index >= 15 is 0 Å². The van der Waals surface area contributed by atoms with Crippen molar-refractivity contribution in [2.24, 2.45) is 5.92 Å². The number of aryl methyl sites for hydroxylation is 1. The minimum absolute atomic E-state index is 0.583. The molecule has 0 aliphatic rings. The second kappa shape index (κ2) is 18.3. The second-order valence-electron chi connectivity index (χ2n) is 7.61. The van der Waals surface area contributed by atoms with E-state index in [2.05, 4.69) is 85.1 Å². The summed E-state index contributed by atoms with van der Waals surface area (Å²) >= 11 is 0. The summed E-state index contributed by atoms with van der Waals surface area (Å²) in [5.41, 5.74) is 6.86. The van der Waals surface area contributed by atoms with Crippen LogP contribution >= 0.6 is 0 Å². The minimum atomic E-state index is 0.583. The summed E-state index contributed by atoms with van der Waals surface area (Å²) in [6, 6.07) is 5.11. The van der Waals surface area contributed by atoms with Gasteiger partial charge in [-0.25, -0.2) is 0 Å². The molecule has 0 saturated heterocycles. The lowest BCUT2D eigenvalue weighted by molar-refractivity contribution is 0.507. The van der Waals surface area contributed by atoms with Crippen molar-refractivity contribution in [3.63, 3.8) is 0 Å². The van der Waals surface area contributed by atoms with Gasteiger partial charge in [0, 0.05) is 11.7 Å². The lowest BCUT2D eigenvalue weighted by atomic mass is 9.93. The summed E-state index contributed by atoms with van der Waals surface area (Å²) in [5, 5.41) is 3.67. The first-order valence-corrected chi connectivity index (χ1v) is 11.6. The van der Waals surface area contributed by atoms with E-state index < -0.39 is 0 Å². The van der Waals surface area contributed by atoms with Crippen LogP contribution in [0.2, 0.25) is 0 Å². The molecule has 1 heteroatoms. The largest absolute Gasteiger partial charge is 0.386 e. The first kappa shape index (κ1) is 29.4. The van der Waals surface area contributed by atoms with Gasteiger partial charge in [0.2, 0.25) is 0 Å². The normalized spacial score (nSPS) is 11.6. The maximum absolute atomic E-state index is 3.92. The van der Waals surface area contributed by atoms with Crippen molar-refractivity contribution >= 4 is 6.08 Å². The third kappa shape index (κ3) is 12.4. The van der Waals surface area contributed by atoms with Crippen LogP contribution in [0, 0.1) is 12.8 Å². The molecule has 1 N–H and O–H groups in total. The van der Waals surface area contributed by atoms with Gasteiger partial charge in [-0.1, -0.05) is 79.2 Å². The molecule has 0 saturated carbocycles. The van der Waals surface area contributed by atoms with Gasteiger partial charge in [0.05, 0.1) is 0 Å². The summed E-state index contributed by atoms with van der Waals surface area (Å²) in [5.74, 6) is 0.648. The average Bonchev–Trinajstić information content (AvgIpc) is 2.72. The lowest BCUT2D eigenvalue weighted by Gasteiger charge is -2.19. The Labute approximate surface area is 183 Å². The van der Waals surface area contributed by atoms with Crippen molar-refractivity contribution in [3.8, 4) is 0 Å². The molecule has 0 aliphatic carbocycles. The third-order valence-electron chi connectivity index (χ3n) is 4.88. The van der Waals surface area contributed by atoms with Crippen LogP contribution in [0.5, 0.6) is 0 Å². The van der Waals surface area contributed by atoms with E-state index in [1.54, 1.807) is 0 Å². The maximum Gasteiger partial charge on any atom is 0.0255 e. The Morgan fingerprint density at radius 2 is 1.69 bits per heavy atom. The summed E-state index contributed by atoms with van der Waals surface area (Å²) in [4.78, 5) is 0. The monoisotopic (exact) mass is 399 g/mol. The number of allylic oxidation sites excluding steroid dienone is 3. The van der Waals surface area contributed by atoms with Gasteiger partial charge in [0.15, 0.2) is 0 Å². The fourth-order valence-electron chi connectivity index (χ4n) is 3.08. The standard InChI is InChI=1S/C21H33N.C5H10.C2H6/c1-7-11-20(10-4)22-16(5)15-19-14-13-18(9-3)17(6)21(19)12-8-2;1-4-5(2)3;1-2/h8,13-15,20,22H,2,7,9-12H2,1,3-6H3;4-5H,1H2,2-3H3;1-2H3/b16-15+;;. The topological polar surface area (TPSA) is 12.0 Å². The van der Waals surface area contributed by atoms with E-state index in [9.17, 15) is 0 Å². The molecule has 1 unspecified atom stereocenters. The molecule has 1 nitrogen and oxygen atoms in total. The lowest BCUT2D eigenvalue weighted by Crippen LogP contribution is -2.26. The minimum Gasteiger partial charge on any atom is -0.386 e. The van der Waals surface area contributed by atoms with Gasteiger partial charge in [-0.3, -0.25) is 0 Å². The second-order valence-corrected chi connectivity index (χ2v) is 7.61. The Morgan fingerprint density at radius 3 is 2.10 bits per heavy atom. The average molecular weight is 400 g/mol.